The van der Waals surface area contributed by atoms with Crippen LogP contribution < -0.4 is 10.6 Å². The molecule has 118 valence electrons. The lowest BCUT2D eigenvalue weighted by Gasteiger charge is -2.24. The van der Waals surface area contributed by atoms with Crippen LogP contribution >= 0.6 is 11.8 Å². The van der Waals surface area contributed by atoms with Gasteiger partial charge in [0.25, 0.3) is 0 Å². The maximum absolute atomic E-state index is 4.29. The molecule has 21 heavy (non-hydrogen) atoms. The first-order valence-electron chi connectivity index (χ1n) is 7.44. The van der Waals surface area contributed by atoms with E-state index in [1.807, 2.05) is 18.8 Å². The van der Waals surface area contributed by atoms with Gasteiger partial charge in [-0.1, -0.05) is 36.8 Å². The van der Waals surface area contributed by atoms with Crippen LogP contribution in [0.1, 0.15) is 37.8 Å². The van der Waals surface area contributed by atoms with Crippen LogP contribution in [0.5, 0.6) is 0 Å². The molecule has 1 atom stereocenters. The summed E-state index contributed by atoms with van der Waals surface area (Å²) in [7, 11) is 1.82. The van der Waals surface area contributed by atoms with Crippen LogP contribution in [-0.2, 0) is 0 Å². The third-order valence-corrected chi connectivity index (χ3v) is 4.89. The van der Waals surface area contributed by atoms with E-state index in [1.165, 1.54) is 11.1 Å². The molecule has 0 aliphatic rings. The van der Waals surface area contributed by atoms with Gasteiger partial charge in [0.2, 0.25) is 0 Å². The Morgan fingerprint density at radius 2 is 2.05 bits per heavy atom. The second-order valence-electron chi connectivity index (χ2n) is 6.09. The molecule has 0 spiro atoms. The summed E-state index contributed by atoms with van der Waals surface area (Å²) in [6.07, 6.45) is 2.14. The van der Waals surface area contributed by atoms with Crippen molar-refractivity contribution >= 4 is 17.7 Å². The fourth-order valence-electron chi connectivity index (χ4n) is 1.93. The average molecular weight is 308 g/mol. The summed E-state index contributed by atoms with van der Waals surface area (Å²) in [5, 5.41) is 6.81. The van der Waals surface area contributed by atoms with Crippen molar-refractivity contribution in [3.63, 3.8) is 0 Å². The minimum Gasteiger partial charge on any atom is -0.356 e. The maximum Gasteiger partial charge on any atom is 0.191 e. The molecule has 2 N–H and O–H groups in total. The predicted octanol–water partition coefficient (Wildman–Crippen LogP) is 3.41. The summed E-state index contributed by atoms with van der Waals surface area (Å²) in [5.74, 6) is 1.33. The van der Waals surface area contributed by atoms with Gasteiger partial charge in [0, 0.05) is 24.9 Å². The Labute approximate surface area is 134 Å². The molecular weight excluding hydrogens is 278 g/mol. The summed E-state index contributed by atoms with van der Waals surface area (Å²) >= 11 is 1.86. The quantitative estimate of drug-likeness (QED) is 0.624. The summed E-state index contributed by atoms with van der Waals surface area (Å²) < 4.78 is 0.208. The van der Waals surface area contributed by atoms with Crippen molar-refractivity contribution in [3.05, 3.63) is 35.4 Å². The molecule has 0 amide bonds. The second kappa shape index (κ2) is 8.32. The first-order valence-corrected chi connectivity index (χ1v) is 8.66. The Kier molecular flexibility index (Phi) is 7.09. The number of thioether (sulfide) groups is 1. The lowest BCUT2D eigenvalue weighted by molar-refractivity contribution is 0.650. The van der Waals surface area contributed by atoms with Gasteiger partial charge in [0.05, 0.1) is 0 Å². The van der Waals surface area contributed by atoms with E-state index in [-0.39, 0.29) is 4.75 Å². The SMILES string of the molecule is CN=C(NCC(C)c1cccc(C)c1)NCC(C)(C)SC. The van der Waals surface area contributed by atoms with E-state index in [2.05, 4.69) is 73.8 Å². The molecule has 1 rings (SSSR count). The van der Waals surface area contributed by atoms with E-state index in [0.29, 0.717) is 5.92 Å². The number of benzene rings is 1. The highest BCUT2D eigenvalue weighted by Gasteiger charge is 2.16. The standard InChI is InChI=1S/C17H29N3S/c1-13-8-7-9-15(10-13)14(2)11-19-16(18-5)20-12-17(3,4)21-6/h7-10,14H,11-12H2,1-6H3,(H2,18,19,20). The molecule has 1 aromatic carbocycles. The number of hydrogen-bond donors (Lipinski definition) is 2. The molecule has 0 heterocycles. The van der Waals surface area contributed by atoms with Crippen LogP contribution in [0, 0.1) is 6.92 Å². The summed E-state index contributed by atoms with van der Waals surface area (Å²) in [4.78, 5) is 4.29. The topological polar surface area (TPSA) is 36.4 Å². The summed E-state index contributed by atoms with van der Waals surface area (Å²) in [5.41, 5.74) is 2.67. The van der Waals surface area contributed by atoms with Crippen LogP contribution in [0.25, 0.3) is 0 Å². The monoisotopic (exact) mass is 307 g/mol. The molecular formula is C17H29N3S. The number of aliphatic imine (C=N–C) groups is 1. The Balaban J connectivity index is 2.48. The van der Waals surface area contributed by atoms with Crippen molar-refractivity contribution < 1.29 is 0 Å². The Morgan fingerprint density at radius 3 is 2.62 bits per heavy atom. The molecule has 0 bridgehead atoms. The van der Waals surface area contributed by atoms with Crippen molar-refractivity contribution in [1.82, 2.24) is 10.6 Å². The lowest BCUT2D eigenvalue weighted by Crippen LogP contribution is -2.44. The van der Waals surface area contributed by atoms with E-state index in [4.69, 9.17) is 0 Å². The van der Waals surface area contributed by atoms with Crippen molar-refractivity contribution in [2.45, 2.75) is 38.4 Å². The molecule has 0 saturated carbocycles. The molecule has 0 aliphatic carbocycles. The molecule has 1 aromatic rings. The number of aryl methyl sites for hydroxylation is 1. The first kappa shape index (κ1) is 17.9. The highest BCUT2D eigenvalue weighted by molar-refractivity contribution is 7.99. The average Bonchev–Trinajstić information content (AvgIpc) is 2.47. The van der Waals surface area contributed by atoms with Crippen LogP contribution in [0.15, 0.2) is 29.3 Å². The lowest BCUT2D eigenvalue weighted by atomic mass is 9.99. The first-order chi connectivity index (χ1) is 9.88. The van der Waals surface area contributed by atoms with E-state index in [1.54, 1.807) is 0 Å². The van der Waals surface area contributed by atoms with Gasteiger partial charge in [0.15, 0.2) is 5.96 Å². The molecule has 0 saturated heterocycles. The normalized spacial score (nSPS) is 13.9. The fourth-order valence-corrected chi connectivity index (χ4v) is 2.15. The zero-order valence-electron chi connectivity index (χ0n) is 14.2. The Hall–Kier alpha value is -1.16. The summed E-state index contributed by atoms with van der Waals surface area (Å²) in [6, 6.07) is 8.69. The van der Waals surface area contributed by atoms with Crippen LogP contribution in [0.2, 0.25) is 0 Å². The van der Waals surface area contributed by atoms with E-state index < -0.39 is 0 Å². The molecule has 0 radical (unpaired) electrons. The number of guanidine groups is 1. The largest absolute Gasteiger partial charge is 0.356 e. The van der Waals surface area contributed by atoms with Crippen LogP contribution in [0.4, 0.5) is 0 Å². The molecule has 0 fully saturated rings. The fraction of sp³-hybridized carbons (Fsp3) is 0.588. The molecule has 0 aliphatic heterocycles. The zero-order valence-corrected chi connectivity index (χ0v) is 15.0. The molecule has 3 nitrogen and oxygen atoms in total. The molecule has 0 aromatic heterocycles. The van der Waals surface area contributed by atoms with E-state index >= 15 is 0 Å². The van der Waals surface area contributed by atoms with Crippen LogP contribution in [-0.4, -0.2) is 37.1 Å². The van der Waals surface area contributed by atoms with Gasteiger partial charge in [-0.3, -0.25) is 4.99 Å². The Bertz CT molecular complexity index is 469. The number of nitrogens with one attached hydrogen (secondary N) is 2. The van der Waals surface area contributed by atoms with Gasteiger partial charge < -0.3 is 10.6 Å². The van der Waals surface area contributed by atoms with Crippen molar-refractivity contribution in [2.24, 2.45) is 4.99 Å². The predicted molar refractivity (Wildman–Crippen MR) is 96.6 cm³/mol. The van der Waals surface area contributed by atoms with Crippen molar-refractivity contribution in [3.8, 4) is 0 Å². The van der Waals surface area contributed by atoms with Gasteiger partial charge in [-0.2, -0.15) is 11.8 Å². The van der Waals surface area contributed by atoms with Gasteiger partial charge in [-0.25, -0.2) is 0 Å². The van der Waals surface area contributed by atoms with Crippen molar-refractivity contribution in [1.29, 1.82) is 0 Å². The minimum absolute atomic E-state index is 0.208. The van der Waals surface area contributed by atoms with Gasteiger partial charge in [-0.15, -0.1) is 0 Å². The number of hydrogen-bond acceptors (Lipinski definition) is 2. The molecule has 1 unspecified atom stereocenters. The second-order valence-corrected chi connectivity index (χ2v) is 7.60. The molecule has 4 heteroatoms. The van der Waals surface area contributed by atoms with E-state index in [9.17, 15) is 0 Å². The number of nitrogens with zero attached hydrogens (tertiary/aromatic N) is 1. The van der Waals surface area contributed by atoms with Gasteiger partial charge in [-0.05, 0) is 38.5 Å². The van der Waals surface area contributed by atoms with Gasteiger partial charge >= 0.3 is 0 Å². The Morgan fingerprint density at radius 1 is 1.33 bits per heavy atom. The summed E-state index contributed by atoms with van der Waals surface area (Å²) in [6.45, 7) is 10.6. The zero-order chi connectivity index (χ0) is 15.9. The smallest absolute Gasteiger partial charge is 0.191 e. The third kappa shape index (κ3) is 6.42. The highest BCUT2D eigenvalue weighted by Crippen LogP contribution is 2.19. The van der Waals surface area contributed by atoms with Crippen LogP contribution in [0.3, 0.4) is 0 Å². The van der Waals surface area contributed by atoms with Crippen molar-refractivity contribution in [2.75, 3.05) is 26.4 Å². The van der Waals surface area contributed by atoms with E-state index in [0.717, 1.165) is 19.0 Å². The maximum atomic E-state index is 4.29. The third-order valence-electron chi connectivity index (χ3n) is 3.64. The van der Waals surface area contributed by atoms with Gasteiger partial charge in [0.1, 0.15) is 0 Å². The number of rotatable bonds is 6. The highest BCUT2D eigenvalue weighted by atomic mass is 32.2. The minimum atomic E-state index is 0.208.